The molecule has 0 aliphatic heterocycles. The molecule has 0 atom stereocenters. The van der Waals surface area contributed by atoms with Gasteiger partial charge >= 0.3 is 5.97 Å². The van der Waals surface area contributed by atoms with Crippen LogP contribution in [0, 0.1) is 0 Å². The molecule has 0 fully saturated rings. The van der Waals surface area contributed by atoms with E-state index in [-0.39, 0.29) is 12.6 Å². The largest absolute Gasteiger partial charge is 0.460 e. The van der Waals surface area contributed by atoms with Gasteiger partial charge in [-0.15, -0.1) is 0 Å². The van der Waals surface area contributed by atoms with E-state index in [9.17, 15) is 4.79 Å². The van der Waals surface area contributed by atoms with Crippen LogP contribution >= 0.6 is 22.6 Å². The van der Waals surface area contributed by atoms with Crippen LogP contribution in [-0.4, -0.2) is 9.39 Å². The van der Waals surface area contributed by atoms with Gasteiger partial charge in [-0.1, -0.05) is 22.6 Å². The maximum absolute atomic E-state index is 11.5. The smallest absolute Gasteiger partial charge is 0.321 e. The Balaban J connectivity index is 2.00. The minimum absolute atomic E-state index is 0.207. The maximum atomic E-state index is 11.5. The van der Waals surface area contributed by atoms with Crippen LogP contribution in [0.25, 0.3) is 11.2 Å². The first-order valence-corrected chi connectivity index (χ1v) is 5.71. The highest BCUT2D eigenvalue weighted by molar-refractivity contribution is 14.1. The van der Waals surface area contributed by atoms with E-state index in [1.165, 1.54) is 0 Å². The number of ether oxygens (including phenoxy) is 1. The number of carbonyl (C=O) groups is 1. The zero-order valence-electron chi connectivity index (χ0n) is 8.54. The van der Waals surface area contributed by atoms with Crippen LogP contribution in [0.2, 0.25) is 0 Å². The fraction of sp³-hybridized carbons (Fsp3) is 0.364. The van der Waals surface area contributed by atoms with Crippen molar-refractivity contribution in [1.82, 2.24) is 0 Å². The van der Waals surface area contributed by atoms with Gasteiger partial charge in [0.05, 0.1) is 0 Å². The monoisotopic (exact) mass is 318 g/mol. The average molecular weight is 318 g/mol. The van der Waals surface area contributed by atoms with Gasteiger partial charge in [-0.3, -0.25) is 4.79 Å². The van der Waals surface area contributed by atoms with Crippen LogP contribution in [0.5, 0.6) is 0 Å². The topological polar surface area (TPSA) is 39.4 Å². The molecular weight excluding hydrogens is 307 g/mol. The third kappa shape index (κ3) is 2.25. The number of fused-ring (bicyclic) bond motifs is 2. The Morgan fingerprint density at radius 1 is 1.53 bits per heavy atom. The molecule has 80 valence electrons. The van der Waals surface area contributed by atoms with Crippen molar-refractivity contribution >= 4 is 39.7 Å². The van der Waals surface area contributed by atoms with Gasteiger partial charge in [0.2, 0.25) is 0 Å². The molecule has 0 aliphatic rings. The number of benzene rings is 1. The fourth-order valence-electron chi connectivity index (χ4n) is 1.27. The lowest BCUT2D eigenvalue weighted by atomic mass is 10.2. The Bertz CT molecular complexity index is 467. The third-order valence-corrected chi connectivity index (χ3v) is 2.54. The fourth-order valence-corrected chi connectivity index (χ4v) is 1.43. The summed E-state index contributed by atoms with van der Waals surface area (Å²) in [5.41, 5.74) is 2.55. The second-order valence-electron chi connectivity index (χ2n) is 3.92. The van der Waals surface area contributed by atoms with Crippen LogP contribution in [0.1, 0.15) is 19.4 Å². The van der Waals surface area contributed by atoms with Gasteiger partial charge in [0.25, 0.3) is 0 Å². The van der Waals surface area contributed by atoms with Crippen LogP contribution in [0.3, 0.4) is 0 Å². The van der Waals surface area contributed by atoms with Gasteiger partial charge in [-0.2, -0.15) is 0 Å². The Kier molecular flexibility index (Phi) is 2.62. The standard InChI is InChI=1S/C11H11IO3/c1-11(2,12)10(13)14-6-7-5-8-3-4-9(7)15-8/h3-5H,6H2,1-2H3. The number of furan rings is 2. The summed E-state index contributed by atoms with van der Waals surface area (Å²) in [6, 6.07) is 5.67. The van der Waals surface area contributed by atoms with E-state index in [2.05, 4.69) is 22.6 Å². The summed E-state index contributed by atoms with van der Waals surface area (Å²) in [4.78, 5) is 11.5. The predicted octanol–water partition coefficient (Wildman–Crippen LogP) is 3.13. The van der Waals surface area contributed by atoms with Crippen LogP contribution in [0.15, 0.2) is 22.6 Å². The number of hydrogen-bond donors (Lipinski definition) is 0. The molecule has 0 unspecified atom stereocenters. The molecule has 0 N–H and O–H groups in total. The van der Waals surface area contributed by atoms with Crippen molar-refractivity contribution in [3.63, 3.8) is 0 Å². The molecule has 0 aliphatic carbocycles. The number of esters is 1. The highest BCUT2D eigenvalue weighted by Crippen LogP contribution is 2.24. The summed E-state index contributed by atoms with van der Waals surface area (Å²) in [7, 11) is 0. The molecular formula is C11H11IO3. The lowest BCUT2D eigenvalue weighted by Crippen LogP contribution is -2.26. The van der Waals surface area contributed by atoms with Crippen LogP contribution in [0.4, 0.5) is 0 Å². The molecule has 2 heterocycles. The molecule has 0 amide bonds. The molecule has 0 radical (unpaired) electrons. The minimum atomic E-state index is -0.482. The molecule has 0 saturated carbocycles. The van der Waals surface area contributed by atoms with Gasteiger partial charge < -0.3 is 9.15 Å². The van der Waals surface area contributed by atoms with Crippen LogP contribution < -0.4 is 0 Å². The highest BCUT2D eigenvalue weighted by Gasteiger charge is 2.25. The summed E-state index contributed by atoms with van der Waals surface area (Å²) in [5, 5.41) is 0. The molecule has 3 nitrogen and oxygen atoms in total. The van der Waals surface area contributed by atoms with E-state index in [1.807, 2.05) is 32.0 Å². The Morgan fingerprint density at radius 2 is 2.27 bits per heavy atom. The van der Waals surface area contributed by atoms with E-state index in [1.54, 1.807) is 0 Å². The summed E-state index contributed by atoms with van der Waals surface area (Å²) in [5.74, 6) is -0.207. The van der Waals surface area contributed by atoms with E-state index in [4.69, 9.17) is 9.15 Å². The van der Waals surface area contributed by atoms with E-state index >= 15 is 0 Å². The van der Waals surface area contributed by atoms with Gasteiger partial charge in [-0.25, -0.2) is 0 Å². The van der Waals surface area contributed by atoms with Gasteiger partial charge in [0.15, 0.2) is 0 Å². The number of halogens is 1. The second-order valence-corrected chi connectivity index (χ2v) is 6.62. The highest BCUT2D eigenvalue weighted by atomic mass is 127. The summed E-state index contributed by atoms with van der Waals surface area (Å²) < 4.78 is 10.0. The normalized spacial score (nSPS) is 12.2. The molecule has 2 aromatic rings. The molecule has 2 rings (SSSR count). The van der Waals surface area contributed by atoms with Gasteiger partial charge in [-0.05, 0) is 32.0 Å². The first kappa shape index (κ1) is 10.7. The summed E-state index contributed by atoms with van der Waals surface area (Å²) in [6.45, 7) is 3.93. The Labute approximate surface area is 101 Å². The van der Waals surface area contributed by atoms with Crippen molar-refractivity contribution in [2.45, 2.75) is 23.9 Å². The van der Waals surface area contributed by atoms with Crippen LogP contribution in [-0.2, 0) is 16.1 Å². The summed E-state index contributed by atoms with van der Waals surface area (Å²) >= 11 is 2.06. The van der Waals surface area contributed by atoms with Crippen molar-refractivity contribution < 1.29 is 13.9 Å². The molecule has 4 heteroatoms. The number of hydrogen-bond acceptors (Lipinski definition) is 3. The first-order valence-electron chi connectivity index (χ1n) is 4.64. The van der Waals surface area contributed by atoms with Gasteiger partial charge in [0.1, 0.15) is 21.2 Å². The molecule has 0 aromatic carbocycles. The third-order valence-electron chi connectivity index (χ3n) is 2.10. The average Bonchev–Trinajstić information content (AvgIpc) is 2.73. The lowest BCUT2D eigenvalue weighted by Gasteiger charge is -2.14. The minimum Gasteiger partial charge on any atom is -0.460 e. The van der Waals surface area contributed by atoms with Crippen molar-refractivity contribution in [3.8, 4) is 0 Å². The quantitative estimate of drug-likeness (QED) is 0.496. The maximum Gasteiger partial charge on any atom is 0.321 e. The van der Waals surface area contributed by atoms with E-state index in [0.717, 1.165) is 16.7 Å². The molecule has 15 heavy (non-hydrogen) atoms. The molecule has 0 saturated heterocycles. The number of carbonyl (C=O) groups excluding carboxylic acids is 1. The van der Waals surface area contributed by atoms with E-state index in [0.29, 0.717) is 0 Å². The predicted molar refractivity (Wildman–Crippen MR) is 65.3 cm³/mol. The van der Waals surface area contributed by atoms with Crippen molar-refractivity contribution in [2.24, 2.45) is 0 Å². The number of alkyl halides is 1. The second kappa shape index (κ2) is 3.66. The SMILES string of the molecule is CC(C)(I)C(=O)OCc1cc2ccc1o2. The lowest BCUT2D eigenvalue weighted by molar-refractivity contribution is -0.146. The molecule has 2 bridgehead atoms. The Morgan fingerprint density at radius 3 is 2.73 bits per heavy atom. The van der Waals surface area contributed by atoms with Crippen molar-refractivity contribution in [3.05, 3.63) is 23.8 Å². The zero-order chi connectivity index (χ0) is 11.1. The molecule has 2 aromatic heterocycles. The van der Waals surface area contributed by atoms with Crippen molar-refractivity contribution in [2.75, 3.05) is 0 Å². The first-order chi connectivity index (χ1) is 6.97. The van der Waals surface area contributed by atoms with E-state index < -0.39 is 3.42 Å². The summed E-state index contributed by atoms with van der Waals surface area (Å²) in [6.07, 6.45) is 0. The zero-order valence-corrected chi connectivity index (χ0v) is 10.7. The Hall–Kier alpha value is -0.780. The van der Waals surface area contributed by atoms with Gasteiger partial charge in [0, 0.05) is 5.56 Å². The van der Waals surface area contributed by atoms with Crippen molar-refractivity contribution in [1.29, 1.82) is 0 Å². The number of rotatable bonds is 3. The molecule has 0 spiro atoms.